The van der Waals surface area contributed by atoms with Crippen molar-refractivity contribution in [2.45, 2.75) is 32.3 Å². The minimum atomic E-state index is -0.480. The summed E-state index contributed by atoms with van der Waals surface area (Å²) in [6.45, 7) is 4.49. The van der Waals surface area contributed by atoms with Crippen molar-refractivity contribution in [1.29, 1.82) is 0 Å². The van der Waals surface area contributed by atoms with Gasteiger partial charge in [-0.05, 0) is 52.9 Å². The van der Waals surface area contributed by atoms with Crippen LogP contribution in [0.4, 0.5) is 0 Å². The highest BCUT2D eigenvalue weighted by molar-refractivity contribution is 6.00. The largest absolute Gasteiger partial charge is 0.492 e. The summed E-state index contributed by atoms with van der Waals surface area (Å²) in [6, 6.07) is 14.5. The van der Waals surface area contributed by atoms with E-state index < -0.39 is 12.0 Å². The zero-order valence-electron chi connectivity index (χ0n) is 17.5. The minimum absolute atomic E-state index is 0.0856. The second kappa shape index (κ2) is 8.60. The van der Waals surface area contributed by atoms with Crippen LogP contribution in [0.5, 0.6) is 11.5 Å². The summed E-state index contributed by atoms with van der Waals surface area (Å²) in [5, 5.41) is 0. The first-order valence-corrected chi connectivity index (χ1v) is 10.2. The van der Waals surface area contributed by atoms with Crippen molar-refractivity contribution in [1.82, 2.24) is 4.98 Å². The number of benzene rings is 2. The van der Waals surface area contributed by atoms with Crippen LogP contribution in [0.15, 0.2) is 60.9 Å². The van der Waals surface area contributed by atoms with E-state index >= 15 is 0 Å². The second-order valence-electron chi connectivity index (χ2n) is 7.83. The highest BCUT2D eigenvalue weighted by Crippen LogP contribution is 2.39. The smallest absolute Gasteiger partial charge is 0.248 e. The van der Waals surface area contributed by atoms with Crippen molar-refractivity contribution in [3.8, 4) is 11.5 Å². The monoisotopic (exact) mass is 416 g/mol. The lowest BCUT2D eigenvalue weighted by Gasteiger charge is -2.25. The molecule has 31 heavy (non-hydrogen) atoms. The fraction of sp³-hybridized carbons (Fsp3) is 0.240. The predicted octanol–water partition coefficient (Wildman–Crippen LogP) is 4.44. The average molecular weight is 416 g/mol. The Kier molecular flexibility index (Phi) is 5.71. The van der Waals surface area contributed by atoms with Gasteiger partial charge < -0.3 is 15.2 Å². The second-order valence-corrected chi connectivity index (χ2v) is 7.83. The Labute approximate surface area is 181 Å². The summed E-state index contributed by atoms with van der Waals surface area (Å²) in [7, 11) is 0. The highest BCUT2D eigenvalue weighted by Gasteiger charge is 2.25. The molecule has 0 saturated heterocycles. The first-order valence-electron chi connectivity index (χ1n) is 10.2. The molecule has 1 aromatic heterocycles. The number of hydrogen-bond donors (Lipinski definition) is 1. The molecule has 0 unspecified atom stereocenters. The van der Waals surface area contributed by atoms with E-state index in [4.69, 9.17) is 15.2 Å². The molecule has 2 N–H and O–H groups in total. The number of aromatic nitrogens is 1. The first-order chi connectivity index (χ1) is 14.9. The topological polar surface area (TPSA) is 91.5 Å². The van der Waals surface area contributed by atoms with Gasteiger partial charge >= 0.3 is 0 Å². The number of ether oxygens (including phenoxy) is 2. The van der Waals surface area contributed by atoms with E-state index in [1.54, 1.807) is 24.5 Å². The van der Waals surface area contributed by atoms with Crippen LogP contribution in [-0.4, -0.2) is 23.3 Å². The average Bonchev–Trinajstić information content (AvgIpc) is 2.78. The first kappa shape index (κ1) is 20.6. The number of fused-ring (bicyclic) bond motifs is 1. The minimum Gasteiger partial charge on any atom is -0.492 e. The molecule has 1 amide bonds. The van der Waals surface area contributed by atoms with Gasteiger partial charge in [-0.1, -0.05) is 26.0 Å². The van der Waals surface area contributed by atoms with Gasteiger partial charge in [0, 0.05) is 30.4 Å². The number of carbonyl (C=O) groups excluding carboxylic acids is 2. The molecular formula is C25H24N2O4. The number of primary amides is 1. The molecule has 0 saturated carbocycles. The molecule has 0 fully saturated rings. The molecule has 0 bridgehead atoms. The molecule has 1 aliphatic rings. The van der Waals surface area contributed by atoms with E-state index in [1.165, 1.54) is 0 Å². The van der Waals surface area contributed by atoms with Crippen LogP contribution >= 0.6 is 0 Å². The fourth-order valence-corrected chi connectivity index (χ4v) is 3.67. The lowest BCUT2D eigenvalue weighted by atomic mass is 9.95. The fourth-order valence-electron chi connectivity index (χ4n) is 3.67. The molecule has 4 rings (SSSR count). The van der Waals surface area contributed by atoms with Gasteiger partial charge in [0.1, 0.15) is 17.6 Å². The van der Waals surface area contributed by atoms with Crippen molar-refractivity contribution in [3.05, 3.63) is 88.7 Å². The lowest BCUT2D eigenvalue weighted by Crippen LogP contribution is -2.17. The van der Waals surface area contributed by atoms with Gasteiger partial charge in [0.25, 0.3) is 0 Å². The number of ketones is 1. The van der Waals surface area contributed by atoms with Gasteiger partial charge in [0.05, 0.1) is 12.2 Å². The van der Waals surface area contributed by atoms with Crippen molar-refractivity contribution in [2.24, 2.45) is 5.73 Å². The molecule has 158 valence electrons. The maximum absolute atomic E-state index is 12.4. The molecule has 2 heterocycles. The normalized spacial score (nSPS) is 14.0. The maximum Gasteiger partial charge on any atom is 0.248 e. The summed E-state index contributed by atoms with van der Waals surface area (Å²) < 4.78 is 12.3. The van der Waals surface area contributed by atoms with Crippen LogP contribution in [0.2, 0.25) is 0 Å². The number of nitrogens with two attached hydrogens (primary N) is 1. The van der Waals surface area contributed by atoms with E-state index in [1.807, 2.05) is 36.4 Å². The van der Waals surface area contributed by atoms with Crippen LogP contribution in [-0.2, 0) is 0 Å². The van der Waals surface area contributed by atoms with Gasteiger partial charge in [-0.2, -0.15) is 0 Å². The summed E-state index contributed by atoms with van der Waals surface area (Å²) in [5.41, 5.74) is 9.13. The molecule has 0 aliphatic carbocycles. The summed E-state index contributed by atoms with van der Waals surface area (Å²) in [5.74, 6) is 0.955. The zero-order chi connectivity index (χ0) is 22.0. The van der Waals surface area contributed by atoms with Gasteiger partial charge in [-0.25, -0.2) is 0 Å². The molecule has 1 atom stereocenters. The Hall–Kier alpha value is -3.67. The third-order valence-electron chi connectivity index (χ3n) is 5.37. The number of nitrogens with zero attached hydrogens (tertiary/aromatic N) is 1. The summed E-state index contributed by atoms with van der Waals surface area (Å²) >= 11 is 0. The Balaban J connectivity index is 1.78. The van der Waals surface area contributed by atoms with Gasteiger partial charge in [-0.15, -0.1) is 0 Å². The number of pyridine rings is 1. The SMILES string of the molecule is CC(C)c1cc2c(cc1O[C@H](c1ccncc1)c1ccc(C(N)=O)cc1)OCCC2=O. The molecule has 0 radical (unpaired) electrons. The Bertz CT molecular complexity index is 1110. The maximum atomic E-state index is 12.4. The quantitative estimate of drug-likeness (QED) is 0.641. The van der Waals surface area contributed by atoms with Crippen LogP contribution in [0, 0.1) is 0 Å². The van der Waals surface area contributed by atoms with Crippen LogP contribution in [0.3, 0.4) is 0 Å². The summed E-state index contributed by atoms with van der Waals surface area (Å²) in [4.78, 5) is 27.9. The third-order valence-corrected chi connectivity index (χ3v) is 5.37. The standard InChI is InChI=1S/C25H24N2O4/c1-15(2)19-13-20-21(28)9-12-30-22(20)14-23(19)31-24(17-7-10-27-11-8-17)16-3-5-18(6-4-16)25(26)29/h3-8,10-11,13-15,24H,9,12H2,1-2H3,(H2,26,29)/t24-/m0/s1. The molecule has 1 aliphatic heterocycles. The predicted molar refractivity (Wildman–Crippen MR) is 117 cm³/mol. The van der Waals surface area contributed by atoms with Crippen molar-refractivity contribution < 1.29 is 19.1 Å². The van der Waals surface area contributed by atoms with E-state index in [-0.39, 0.29) is 11.7 Å². The molecule has 3 aromatic rings. The number of amides is 1. The van der Waals surface area contributed by atoms with E-state index in [9.17, 15) is 9.59 Å². The van der Waals surface area contributed by atoms with E-state index in [2.05, 4.69) is 18.8 Å². The number of rotatable bonds is 6. The summed E-state index contributed by atoms with van der Waals surface area (Å²) in [6.07, 6.45) is 3.36. The Morgan fingerprint density at radius 1 is 1.06 bits per heavy atom. The van der Waals surface area contributed by atoms with Crippen LogP contribution in [0.1, 0.15) is 69.7 Å². The zero-order valence-corrected chi connectivity index (χ0v) is 17.5. The van der Waals surface area contributed by atoms with Crippen LogP contribution < -0.4 is 15.2 Å². The molecule has 6 nitrogen and oxygen atoms in total. The number of Topliss-reactive ketones (excluding diaryl/α,β-unsaturated/α-hetero) is 1. The van der Waals surface area contributed by atoms with Crippen LogP contribution in [0.25, 0.3) is 0 Å². The molecular weight excluding hydrogens is 392 g/mol. The van der Waals surface area contributed by atoms with Gasteiger partial charge in [-0.3, -0.25) is 14.6 Å². The van der Waals surface area contributed by atoms with Gasteiger partial charge in [0.2, 0.25) is 5.91 Å². The Morgan fingerprint density at radius 3 is 2.39 bits per heavy atom. The number of carbonyl (C=O) groups is 2. The van der Waals surface area contributed by atoms with E-state index in [0.717, 1.165) is 16.7 Å². The van der Waals surface area contributed by atoms with E-state index in [0.29, 0.717) is 35.7 Å². The van der Waals surface area contributed by atoms with Crippen molar-refractivity contribution in [3.63, 3.8) is 0 Å². The lowest BCUT2D eigenvalue weighted by molar-refractivity contribution is 0.0931. The Morgan fingerprint density at radius 2 is 1.74 bits per heavy atom. The third kappa shape index (κ3) is 4.28. The number of hydrogen-bond acceptors (Lipinski definition) is 5. The molecule has 0 spiro atoms. The van der Waals surface area contributed by atoms with Crippen molar-refractivity contribution >= 4 is 11.7 Å². The highest BCUT2D eigenvalue weighted by atomic mass is 16.5. The van der Waals surface area contributed by atoms with Crippen molar-refractivity contribution in [2.75, 3.05) is 6.61 Å². The molecule has 6 heteroatoms. The molecule has 2 aromatic carbocycles. The van der Waals surface area contributed by atoms with Gasteiger partial charge in [0.15, 0.2) is 5.78 Å².